The van der Waals surface area contributed by atoms with Crippen molar-refractivity contribution in [2.24, 2.45) is 0 Å². The first-order chi connectivity index (χ1) is 21.5. The number of likely N-dealkylation sites (N-methyl/N-ethyl adjacent to an activating group) is 1. The number of ether oxygens (including phenoxy) is 2. The molecular formula is C33H32FN5O5. The van der Waals surface area contributed by atoms with Crippen molar-refractivity contribution in [2.75, 3.05) is 77.9 Å². The van der Waals surface area contributed by atoms with Crippen LogP contribution in [0.25, 0.3) is 38.5 Å². The van der Waals surface area contributed by atoms with Crippen LogP contribution in [0.4, 0.5) is 10.1 Å². The van der Waals surface area contributed by atoms with Gasteiger partial charge in [0.2, 0.25) is 5.43 Å². The highest BCUT2D eigenvalue weighted by Gasteiger charge is 2.31. The van der Waals surface area contributed by atoms with Crippen LogP contribution < -0.4 is 15.5 Å². The second-order valence-electron chi connectivity index (χ2n) is 11.7. The van der Waals surface area contributed by atoms with Gasteiger partial charge in [0, 0.05) is 75.4 Å². The predicted molar refractivity (Wildman–Crippen MR) is 166 cm³/mol. The molecule has 2 saturated heterocycles. The van der Waals surface area contributed by atoms with Crippen LogP contribution in [0, 0.1) is 5.82 Å². The summed E-state index contributed by atoms with van der Waals surface area (Å²) in [4.78, 5) is 33.7. The number of benzene rings is 3. The number of nitrogens with one attached hydrogen (secondary N) is 1. The van der Waals surface area contributed by atoms with Crippen molar-refractivity contribution in [1.29, 1.82) is 0 Å². The molecule has 1 N–H and O–H groups in total. The molecule has 5 aromatic rings. The second-order valence-corrected chi connectivity index (χ2v) is 11.7. The quantitative estimate of drug-likeness (QED) is 0.315. The maximum atomic E-state index is 15.9. The van der Waals surface area contributed by atoms with Gasteiger partial charge in [-0.1, -0.05) is 18.2 Å². The lowest BCUT2D eigenvalue weighted by molar-refractivity contribution is 0.0398. The third-order valence-electron chi connectivity index (χ3n) is 8.98. The molecule has 10 nitrogen and oxygen atoms in total. The Kier molecular flexibility index (Phi) is 6.55. The van der Waals surface area contributed by atoms with Gasteiger partial charge < -0.3 is 33.6 Å². The molecule has 0 unspecified atom stereocenters. The summed E-state index contributed by atoms with van der Waals surface area (Å²) in [5.41, 5.74) is 2.04. The Bertz CT molecular complexity index is 2010. The molecule has 3 aromatic carbocycles. The number of hydrogen-bond acceptors (Lipinski definition) is 8. The van der Waals surface area contributed by atoms with Gasteiger partial charge in [0.15, 0.2) is 17.3 Å². The normalized spacial score (nSPS) is 17.3. The predicted octanol–water partition coefficient (Wildman–Crippen LogP) is 4.27. The molecule has 226 valence electrons. The zero-order valence-electron chi connectivity index (χ0n) is 24.4. The highest BCUT2D eigenvalue weighted by atomic mass is 19.1. The Balaban J connectivity index is 1.29. The molecule has 0 spiro atoms. The summed E-state index contributed by atoms with van der Waals surface area (Å²) >= 11 is 0. The van der Waals surface area contributed by atoms with Crippen LogP contribution in [0.1, 0.15) is 10.4 Å². The summed E-state index contributed by atoms with van der Waals surface area (Å²) < 4.78 is 35.8. The van der Waals surface area contributed by atoms with Crippen LogP contribution in [0.3, 0.4) is 0 Å². The summed E-state index contributed by atoms with van der Waals surface area (Å²) in [6.45, 7) is 6.61. The van der Waals surface area contributed by atoms with Crippen LogP contribution in [0.2, 0.25) is 0 Å². The number of nitrogens with zero attached hydrogens (tertiary/aromatic N) is 4. The number of aromatic nitrogens is 1. The average Bonchev–Trinajstić information content (AvgIpc) is 3.40. The molecule has 0 aliphatic carbocycles. The van der Waals surface area contributed by atoms with Gasteiger partial charge in [-0.3, -0.25) is 14.5 Å². The summed E-state index contributed by atoms with van der Waals surface area (Å²) in [7, 11) is 2.00. The van der Waals surface area contributed by atoms with E-state index in [1.807, 2.05) is 43.4 Å². The SMILES string of the molecule is CN1CCN(C(=O)c2cn3c4c(c(NCCN5CCOCC5)c(F)cc4c2=O)Oc2cc4c(cc2-3)oc2ccccc24)CC1. The van der Waals surface area contributed by atoms with Gasteiger partial charge in [0.05, 0.1) is 24.3 Å². The van der Waals surface area contributed by atoms with E-state index >= 15 is 4.39 Å². The van der Waals surface area contributed by atoms with Crippen LogP contribution in [0.15, 0.2) is 57.9 Å². The molecule has 2 aromatic heterocycles. The van der Waals surface area contributed by atoms with E-state index in [1.54, 1.807) is 15.7 Å². The highest BCUT2D eigenvalue weighted by Crippen LogP contribution is 2.47. The first kappa shape index (κ1) is 27.1. The molecule has 0 bridgehead atoms. The molecule has 3 aliphatic rings. The maximum absolute atomic E-state index is 15.9. The van der Waals surface area contributed by atoms with Gasteiger partial charge >= 0.3 is 0 Å². The minimum atomic E-state index is -0.611. The van der Waals surface area contributed by atoms with E-state index in [0.717, 1.165) is 29.4 Å². The number of fused-ring (bicyclic) bond motifs is 5. The lowest BCUT2D eigenvalue weighted by atomic mass is 10.0. The van der Waals surface area contributed by atoms with Crippen molar-refractivity contribution in [3.05, 3.63) is 70.3 Å². The van der Waals surface area contributed by atoms with E-state index in [9.17, 15) is 9.59 Å². The number of carbonyl (C=O) groups excluding carboxylic acids is 1. The van der Waals surface area contributed by atoms with Gasteiger partial charge in [-0.15, -0.1) is 0 Å². The Morgan fingerprint density at radius 3 is 2.57 bits per heavy atom. The topological polar surface area (TPSA) is 92.4 Å². The number of amides is 1. The third-order valence-corrected chi connectivity index (χ3v) is 8.98. The zero-order valence-corrected chi connectivity index (χ0v) is 24.4. The van der Waals surface area contributed by atoms with Gasteiger partial charge in [-0.25, -0.2) is 4.39 Å². The lowest BCUT2D eigenvalue weighted by Crippen LogP contribution is -2.48. The van der Waals surface area contributed by atoms with E-state index < -0.39 is 11.2 Å². The number of piperazine rings is 1. The Hall–Kier alpha value is -4.45. The number of para-hydroxylation sites is 1. The van der Waals surface area contributed by atoms with Gasteiger partial charge in [-0.2, -0.15) is 0 Å². The lowest BCUT2D eigenvalue weighted by Gasteiger charge is -2.32. The van der Waals surface area contributed by atoms with Crippen molar-refractivity contribution < 1.29 is 23.1 Å². The summed E-state index contributed by atoms with van der Waals surface area (Å²) in [6, 6.07) is 12.7. The Morgan fingerprint density at radius 1 is 0.955 bits per heavy atom. The number of morpholine rings is 1. The van der Waals surface area contributed by atoms with E-state index in [0.29, 0.717) is 75.0 Å². The molecule has 5 heterocycles. The fourth-order valence-electron chi connectivity index (χ4n) is 6.50. The molecule has 0 radical (unpaired) electrons. The van der Waals surface area contributed by atoms with Crippen molar-refractivity contribution in [3.63, 3.8) is 0 Å². The second kappa shape index (κ2) is 10.6. The van der Waals surface area contributed by atoms with Crippen molar-refractivity contribution in [2.45, 2.75) is 0 Å². The Morgan fingerprint density at radius 2 is 1.75 bits per heavy atom. The first-order valence-electron chi connectivity index (χ1n) is 15.0. The van der Waals surface area contributed by atoms with E-state index in [4.69, 9.17) is 13.9 Å². The van der Waals surface area contributed by atoms with Crippen LogP contribution in [-0.2, 0) is 4.74 Å². The minimum absolute atomic E-state index is 0.00187. The summed E-state index contributed by atoms with van der Waals surface area (Å²) in [6.07, 6.45) is 1.58. The van der Waals surface area contributed by atoms with E-state index in [1.165, 1.54) is 6.07 Å². The fraction of sp³-hybridized carbons (Fsp3) is 0.333. The van der Waals surface area contributed by atoms with Gasteiger partial charge in [0.1, 0.15) is 27.9 Å². The molecule has 0 saturated carbocycles. The number of hydrogen-bond donors (Lipinski definition) is 1. The smallest absolute Gasteiger partial charge is 0.259 e. The molecular weight excluding hydrogens is 565 g/mol. The number of rotatable bonds is 5. The van der Waals surface area contributed by atoms with Gasteiger partial charge in [0.25, 0.3) is 5.91 Å². The average molecular weight is 598 g/mol. The highest BCUT2D eigenvalue weighted by molar-refractivity contribution is 6.07. The standard InChI is InChI=1S/C33H32FN5O5/c1-36-8-10-38(11-9-36)33(41)23-19-39-25-18-27-21(20-4-2-3-5-26(20)43-27)17-28(25)44-32-29(24(34)16-22(30(32)39)31(23)40)35-6-7-37-12-14-42-15-13-37/h2-5,16-19,35H,6-15H2,1H3. The zero-order chi connectivity index (χ0) is 29.9. The summed E-state index contributed by atoms with van der Waals surface area (Å²) in [5.74, 6) is -0.277. The van der Waals surface area contributed by atoms with Crippen molar-refractivity contribution in [1.82, 2.24) is 19.3 Å². The molecule has 0 atom stereocenters. The number of anilines is 1. The van der Waals surface area contributed by atoms with Crippen LogP contribution in [0.5, 0.6) is 11.5 Å². The first-order valence-corrected chi connectivity index (χ1v) is 15.0. The summed E-state index contributed by atoms with van der Waals surface area (Å²) in [5, 5.41) is 5.11. The third kappa shape index (κ3) is 4.42. The molecule has 8 rings (SSSR count). The molecule has 1 amide bonds. The number of pyridine rings is 1. The Labute approximate surface area is 252 Å². The molecule has 11 heteroatoms. The largest absolute Gasteiger partial charge is 0.456 e. The minimum Gasteiger partial charge on any atom is -0.456 e. The van der Waals surface area contributed by atoms with Crippen LogP contribution in [-0.4, -0.2) is 97.8 Å². The fourth-order valence-corrected chi connectivity index (χ4v) is 6.50. The number of halogens is 1. The maximum Gasteiger partial charge on any atom is 0.259 e. The van der Waals surface area contributed by atoms with Crippen molar-refractivity contribution >= 4 is 44.4 Å². The number of furan rings is 1. The monoisotopic (exact) mass is 597 g/mol. The molecule has 3 aliphatic heterocycles. The van der Waals surface area contributed by atoms with Gasteiger partial charge in [-0.05, 0) is 25.2 Å². The molecule has 44 heavy (non-hydrogen) atoms. The van der Waals surface area contributed by atoms with E-state index in [2.05, 4.69) is 15.1 Å². The van der Waals surface area contributed by atoms with Crippen LogP contribution >= 0.6 is 0 Å². The van der Waals surface area contributed by atoms with E-state index in [-0.39, 0.29) is 28.3 Å². The number of carbonyl (C=O) groups is 1. The van der Waals surface area contributed by atoms with Crippen molar-refractivity contribution in [3.8, 4) is 17.2 Å². The molecule has 2 fully saturated rings.